The Labute approximate surface area is 93.4 Å². The molecule has 72 valence electrons. The Bertz CT molecular complexity index is 520. The zero-order valence-corrected chi connectivity index (χ0v) is 9.14. The molecule has 2 rings (SSSR count). The van der Waals surface area contributed by atoms with Gasteiger partial charge in [0.15, 0.2) is 3.95 Å². The van der Waals surface area contributed by atoms with Crippen LogP contribution in [0.15, 0.2) is 18.2 Å². The van der Waals surface area contributed by atoms with Crippen LogP contribution >= 0.6 is 35.2 Å². The second-order valence-corrected chi connectivity index (χ2v) is 4.62. The van der Waals surface area contributed by atoms with Gasteiger partial charge in [-0.05, 0) is 30.4 Å². The first-order chi connectivity index (χ1) is 6.66. The summed E-state index contributed by atoms with van der Waals surface area (Å²) in [6, 6.07) is 4.14. The molecule has 1 aromatic heterocycles. The van der Waals surface area contributed by atoms with Crippen LogP contribution in [0.2, 0.25) is 5.02 Å². The first kappa shape index (κ1) is 9.76. The van der Waals surface area contributed by atoms with Crippen molar-refractivity contribution in [3.63, 3.8) is 0 Å². The van der Waals surface area contributed by atoms with Crippen molar-refractivity contribution in [3.05, 3.63) is 33.0 Å². The van der Waals surface area contributed by atoms with E-state index in [9.17, 15) is 4.39 Å². The highest BCUT2D eigenvalue weighted by Gasteiger charge is 2.08. The van der Waals surface area contributed by atoms with E-state index in [4.69, 9.17) is 23.8 Å². The lowest BCUT2D eigenvalue weighted by Gasteiger charge is -1.98. The van der Waals surface area contributed by atoms with Gasteiger partial charge in [-0.25, -0.2) is 4.39 Å². The standard InChI is InChI=1S/C8H4ClFN2S2/c9-6-2-1-4(10)3-5(6)7-11-12-8(13)14-7/h1-3H,(H,12,13). The van der Waals surface area contributed by atoms with E-state index in [1.165, 1.54) is 29.5 Å². The van der Waals surface area contributed by atoms with Gasteiger partial charge in [0.1, 0.15) is 10.8 Å². The first-order valence-electron chi connectivity index (χ1n) is 3.68. The molecule has 0 aliphatic carbocycles. The average Bonchev–Trinajstić information content (AvgIpc) is 2.56. The summed E-state index contributed by atoms with van der Waals surface area (Å²) in [6.07, 6.45) is 0. The van der Waals surface area contributed by atoms with Crippen molar-refractivity contribution in [2.45, 2.75) is 0 Å². The van der Waals surface area contributed by atoms with Crippen molar-refractivity contribution in [2.75, 3.05) is 0 Å². The van der Waals surface area contributed by atoms with Crippen molar-refractivity contribution in [2.24, 2.45) is 0 Å². The average molecular weight is 247 g/mol. The lowest BCUT2D eigenvalue weighted by molar-refractivity contribution is 0.628. The monoisotopic (exact) mass is 246 g/mol. The number of aromatic amines is 1. The molecule has 0 atom stereocenters. The number of H-pyrrole nitrogens is 1. The third-order valence-corrected chi connectivity index (χ3v) is 3.05. The Morgan fingerprint density at radius 1 is 1.50 bits per heavy atom. The van der Waals surface area contributed by atoms with Gasteiger partial charge in [-0.2, -0.15) is 5.10 Å². The zero-order valence-electron chi connectivity index (χ0n) is 6.75. The summed E-state index contributed by atoms with van der Waals surface area (Å²) < 4.78 is 13.5. The molecule has 2 aromatic rings. The van der Waals surface area contributed by atoms with Crippen molar-refractivity contribution >= 4 is 35.2 Å². The number of benzene rings is 1. The quantitative estimate of drug-likeness (QED) is 0.778. The van der Waals surface area contributed by atoms with Gasteiger partial charge >= 0.3 is 0 Å². The van der Waals surface area contributed by atoms with Crippen molar-refractivity contribution < 1.29 is 4.39 Å². The Kier molecular flexibility index (Phi) is 2.62. The molecular formula is C8H4ClFN2S2. The van der Waals surface area contributed by atoms with E-state index < -0.39 is 0 Å². The van der Waals surface area contributed by atoms with Crippen molar-refractivity contribution in [3.8, 4) is 10.6 Å². The normalized spacial score (nSPS) is 10.4. The van der Waals surface area contributed by atoms with Crippen molar-refractivity contribution in [1.82, 2.24) is 10.2 Å². The van der Waals surface area contributed by atoms with Crippen LogP contribution in [-0.2, 0) is 0 Å². The number of hydrogen-bond acceptors (Lipinski definition) is 3. The molecule has 0 bridgehead atoms. The summed E-state index contributed by atoms with van der Waals surface area (Å²) in [7, 11) is 0. The molecule has 0 saturated carbocycles. The summed E-state index contributed by atoms with van der Waals surface area (Å²) in [5.74, 6) is -0.342. The van der Waals surface area contributed by atoms with Gasteiger partial charge in [-0.15, -0.1) is 0 Å². The van der Waals surface area contributed by atoms with E-state index in [0.29, 0.717) is 19.5 Å². The van der Waals surface area contributed by atoms with Crippen LogP contribution in [0, 0.1) is 9.77 Å². The number of aromatic nitrogens is 2. The van der Waals surface area contributed by atoms with Crippen LogP contribution in [0.1, 0.15) is 0 Å². The lowest BCUT2D eigenvalue weighted by atomic mass is 10.2. The second-order valence-electron chi connectivity index (χ2n) is 2.54. The maximum absolute atomic E-state index is 12.9. The predicted molar refractivity (Wildman–Crippen MR) is 57.7 cm³/mol. The van der Waals surface area contributed by atoms with Crippen LogP contribution < -0.4 is 0 Å². The summed E-state index contributed by atoms with van der Waals surface area (Å²) >= 11 is 12.0. The van der Waals surface area contributed by atoms with Crippen LogP contribution in [0.3, 0.4) is 0 Å². The molecule has 0 saturated heterocycles. The fraction of sp³-hybridized carbons (Fsp3) is 0. The Balaban J connectivity index is 2.61. The first-order valence-corrected chi connectivity index (χ1v) is 5.28. The topological polar surface area (TPSA) is 28.7 Å². The summed E-state index contributed by atoms with van der Waals surface area (Å²) in [5, 5.41) is 7.60. The Morgan fingerprint density at radius 2 is 2.29 bits per heavy atom. The molecule has 6 heteroatoms. The minimum Gasteiger partial charge on any atom is -0.258 e. The lowest BCUT2D eigenvalue weighted by Crippen LogP contribution is -1.81. The van der Waals surface area contributed by atoms with Crippen LogP contribution in [0.25, 0.3) is 10.6 Å². The molecule has 14 heavy (non-hydrogen) atoms. The molecule has 0 amide bonds. The van der Waals surface area contributed by atoms with Gasteiger partial charge in [0, 0.05) is 5.56 Å². The van der Waals surface area contributed by atoms with Gasteiger partial charge in [-0.1, -0.05) is 22.9 Å². The van der Waals surface area contributed by atoms with E-state index in [2.05, 4.69) is 10.2 Å². The smallest absolute Gasteiger partial charge is 0.176 e. The molecule has 0 spiro atoms. The highest BCUT2D eigenvalue weighted by atomic mass is 35.5. The minimum atomic E-state index is -0.342. The van der Waals surface area contributed by atoms with Gasteiger partial charge in [-0.3, -0.25) is 5.10 Å². The molecule has 0 fully saturated rings. The second kappa shape index (κ2) is 3.76. The summed E-state index contributed by atoms with van der Waals surface area (Å²) in [4.78, 5) is 0. The van der Waals surface area contributed by atoms with Crippen molar-refractivity contribution in [1.29, 1.82) is 0 Å². The summed E-state index contributed by atoms with van der Waals surface area (Å²) in [5.41, 5.74) is 0.559. The minimum absolute atomic E-state index is 0.342. The van der Waals surface area contributed by atoms with E-state index in [1.807, 2.05) is 0 Å². The van der Waals surface area contributed by atoms with Crippen LogP contribution in [-0.4, -0.2) is 10.2 Å². The fourth-order valence-corrected chi connectivity index (χ4v) is 2.19. The Morgan fingerprint density at radius 3 is 2.93 bits per heavy atom. The predicted octanol–water partition coefficient (Wildman–Crippen LogP) is 3.66. The maximum atomic E-state index is 12.9. The van der Waals surface area contributed by atoms with E-state index in [1.54, 1.807) is 0 Å². The third kappa shape index (κ3) is 1.84. The largest absolute Gasteiger partial charge is 0.258 e. The molecule has 0 aliphatic heterocycles. The van der Waals surface area contributed by atoms with E-state index in [0.717, 1.165) is 0 Å². The number of rotatable bonds is 1. The molecule has 1 heterocycles. The molecule has 1 aromatic carbocycles. The van der Waals surface area contributed by atoms with E-state index >= 15 is 0 Å². The fourth-order valence-electron chi connectivity index (χ4n) is 1.01. The highest BCUT2D eigenvalue weighted by molar-refractivity contribution is 7.73. The number of nitrogens with one attached hydrogen (secondary N) is 1. The number of hydrogen-bond donors (Lipinski definition) is 1. The van der Waals surface area contributed by atoms with Crippen LogP contribution in [0.4, 0.5) is 4.39 Å². The molecule has 0 aliphatic rings. The Hall–Kier alpha value is -0.780. The van der Waals surface area contributed by atoms with Gasteiger partial charge in [0.05, 0.1) is 5.02 Å². The highest BCUT2D eigenvalue weighted by Crippen LogP contribution is 2.29. The third-order valence-electron chi connectivity index (χ3n) is 1.60. The SMILES string of the molecule is Fc1ccc(Cl)c(-c2n[nH]c(=S)s2)c1. The molecule has 2 nitrogen and oxygen atoms in total. The maximum Gasteiger partial charge on any atom is 0.176 e. The van der Waals surface area contributed by atoms with Gasteiger partial charge in [0.25, 0.3) is 0 Å². The van der Waals surface area contributed by atoms with Gasteiger partial charge < -0.3 is 0 Å². The zero-order chi connectivity index (χ0) is 10.1. The summed E-state index contributed by atoms with van der Waals surface area (Å²) in [6.45, 7) is 0. The molecule has 0 radical (unpaired) electrons. The van der Waals surface area contributed by atoms with Crippen LogP contribution in [0.5, 0.6) is 0 Å². The number of halogens is 2. The molecule has 1 N–H and O–H groups in total. The molecular weight excluding hydrogens is 243 g/mol. The van der Waals surface area contributed by atoms with Gasteiger partial charge in [0.2, 0.25) is 0 Å². The molecule has 0 unspecified atom stereocenters. The number of nitrogens with zero attached hydrogens (tertiary/aromatic N) is 1. The van der Waals surface area contributed by atoms with E-state index in [-0.39, 0.29) is 5.82 Å².